The Morgan fingerprint density at radius 1 is 1.38 bits per heavy atom. The number of aromatic amines is 2. The van der Waals surface area contributed by atoms with Gasteiger partial charge in [-0.25, -0.2) is 9.59 Å². The smallest absolute Gasteiger partial charge is 0.331 e. The van der Waals surface area contributed by atoms with Crippen LogP contribution in [0.1, 0.15) is 11.1 Å². The first-order valence-corrected chi connectivity index (χ1v) is 8.79. The van der Waals surface area contributed by atoms with E-state index in [2.05, 4.69) is 21.5 Å². The van der Waals surface area contributed by atoms with Crippen LogP contribution in [0.4, 0.5) is 0 Å². The zero-order valence-electron chi connectivity index (χ0n) is 15.7. The van der Waals surface area contributed by atoms with Crippen LogP contribution >= 0.6 is 0 Å². The number of nitrogens with zero attached hydrogens (tertiary/aromatic N) is 2. The summed E-state index contributed by atoms with van der Waals surface area (Å²) in [5.74, 6) is -1.15. The van der Waals surface area contributed by atoms with Crippen LogP contribution in [0.2, 0.25) is 0 Å². The number of H-pyrrole nitrogens is 2. The number of hydrogen-bond donors (Lipinski definition) is 3. The van der Waals surface area contributed by atoms with E-state index in [1.807, 2.05) is 24.3 Å². The van der Waals surface area contributed by atoms with Gasteiger partial charge in [-0.15, -0.1) is 6.58 Å². The molecule has 29 heavy (non-hydrogen) atoms. The van der Waals surface area contributed by atoms with Crippen molar-refractivity contribution in [3.63, 3.8) is 0 Å². The van der Waals surface area contributed by atoms with E-state index in [4.69, 9.17) is 4.74 Å². The first-order valence-electron chi connectivity index (χ1n) is 8.79. The van der Waals surface area contributed by atoms with Crippen LogP contribution in [0.3, 0.4) is 0 Å². The number of hydrogen-bond acceptors (Lipinski definition) is 6. The van der Waals surface area contributed by atoms with Gasteiger partial charge in [-0.1, -0.05) is 24.3 Å². The van der Waals surface area contributed by atoms with Crippen LogP contribution in [-0.2, 0) is 22.5 Å². The summed E-state index contributed by atoms with van der Waals surface area (Å²) in [4.78, 5) is 45.5. The van der Waals surface area contributed by atoms with Crippen LogP contribution in [0, 0.1) is 0 Å². The Morgan fingerprint density at radius 2 is 2.14 bits per heavy atom. The van der Waals surface area contributed by atoms with Crippen molar-refractivity contribution >= 4 is 23.1 Å². The van der Waals surface area contributed by atoms with Crippen molar-refractivity contribution in [2.45, 2.75) is 19.0 Å². The van der Waals surface area contributed by atoms with Crippen LogP contribution in [0.25, 0.3) is 10.9 Å². The fraction of sp³-hybridized carbons (Fsp3) is 0.200. The highest BCUT2D eigenvalue weighted by Gasteiger charge is 2.21. The molecule has 0 radical (unpaired) electrons. The van der Waals surface area contributed by atoms with Gasteiger partial charge < -0.3 is 14.8 Å². The van der Waals surface area contributed by atoms with Gasteiger partial charge in [-0.3, -0.25) is 19.3 Å². The van der Waals surface area contributed by atoms with Crippen molar-refractivity contribution in [1.82, 2.24) is 14.5 Å². The summed E-state index contributed by atoms with van der Waals surface area (Å²) < 4.78 is 5.76. The molecule has 150 valence electrons. The van der Waals surface area contributed by atoms with Gasteiger partial charge in [-0.05, 0) is 11.6 Å². The predicted molar refractivity (Wildman–Crippen MR) is 109 cm³/mol. The maximum absolute atomic E-state index is 12.2. The second kappa shape index (κ2) is 8.42. The number of methoxy groups -OCH3 is 1. The van der Waals surface area contributed by atoms with E-state index in [0.717, 1.165) is 27.2 Å². The van der Waals surface area contributed by atoms with Crippen LogP contribution in [0.15, 0.2) is 57.7 Å². The fourth-order valence-corrected chi connectivity index (χ4v) is 3.00. The second-order valence-corrected chi connectivity index (χ2v) is 6.28. The normalized spacial score (nSPS) is 12.3. The molecule has 0 saturated heterocycles. The molecule has 0 amide bonds. The molecule has 0 aliphatic carbocycles. The summed E-state index contributed by atoms with van der Waals surface area (Å²) in [6, 6.07) is 6.66. The van der Waals surface area contributed by atoms with Gasteiger partial charge in [0.05, 0.1) is 7.11 Å². The van der Waals surface area contributed by atoms with Crippen molar-refractivity contribution in [3.8, 4) is 5.88 Å². The van der Waals surface area contributed by atoms with Gasteiger partial charge >= 0.3 is 11.7 Å². The first kappa shape index (κ1) is 19.9. The molecule has 0 bridgehead atoms. The molecular weight excluding hydrogens is 376 g/mol. The van der Waals surface area contributed by atoms with Crippen molar-refractivity contribution in [2.75, 3.05) is 7.11 Å². The largest absolute Gasteiger partial charge is 0.494 e. The average Bonchev–Trinajstić information content (AvgIpc) is 3.12. The van der Waals surface area contributed by atoms with E-state index in [0.29, 0.717) is 0 Å². The number of carbonyl (C=O) groups excluding carboxylic acids is 1. The fourth-order valence-electron chi connectivity index (χ4n) is 3.00. The third-order valence-electron chi connectivity index (χ3n) is 4.46. The number of fused-ring (bicyclic) bond motifs is 1. The summed E-state index contributed by atoms with van der Waals surface area (Å²) in [6.45, 7) is 3.50. The van der Waals surface area contributed by atoms with E-state index in [-0.39, 0.29) is 18.5 Å². The van der Waals surface area contributed by atoms with Gasteiger partial charge in [0, 0.05) is 36.3 Å². The number of rotatable bonds is 7. The number of esters is 1. The van der Waals surface area contributed by atoms with Crippen LogP contribution in [0.5, 0.6) is 5.88 Å². The molecule has 3 aromatic rings. The minimum atomic E-state index is -0.946. The first-order chi connectivity index (χ1) is 14.0. The monoisotopic (exact) mass is 396 g/mol. The second-order valence-electron chi connectivity index (χ2n) is 6.28. The molecule has 0 fully saturated rings. The third kappa shape index (κ3) is 4.03. The zero-order valence-corrected chi connectivity index (χ0v) is 15.7. The number of para-hydroxylation sites is 1. The van der Waals surface area contributed by atoms with E-state index in [1.54, 1.807) is 6.20 Å². The molecule has 1 atom stereocenters. The number of aromatic hydroxyl groups is 1. The Labute approximate surface area is 165 Å². The number of nitrogens with one attached hydrogen (secondary N) is 2. The molecule has 1 aromatic carbocycles. The Bertz CT molecular complexity index is 1200. The summed E-state index contributed by atoms with van der Waals surface area (Å²) >= 11 is 0. The Hall–Kier alpha value is -3.88. The van der Waals surface area contributed by atoms with Gasteiger partial charge in [0.2, 0.25) is 5.88 Å². The van der Waals surface area contributed by atoms with Crippen molar-refractivity contribution in [1.29, 1.82) is 0 Å². The standard InChI is InChI=1S/C20H20N4O5/c1-3-8-24-18(26)14(17(25)23-20(24)28)11-22-16(19(27)29-2)9-12-10-21-15-7-5-4-6-13(12)15/h3-7,10-11,16,21,26H,1,8-9H2,2H3,(H,23,25,28)/t16-/m1/s1. The maximum atomic E-state index is 12.2. The molecule has 0 aliphatic rings. The molecule has 3 N–H and O–H groups in total. The summed E-state index contributed by atoms with van der Waals surface area (Å²) in [7, 11) is 1.24. The molecule has 0 spiro atoms. The van der Waals surface area contributed by atoms with Gasteiger partial charge in [0.25, 0.3) is 5.56 Å². The summed E-state index contributed by atoms with van der Waals surface area (Å²) in [5.41, 5.74) is -0.0528. The number of carbonyl (C=O) groups is 1. The molecule has 0 saturated carbocycles. The van der Waals surface area contributed by atoms with Crippen molar-refractivity contribution in [2.24, 2.45) is 4.99 Å². The SMILES string of the molecule is C=CCn1c(O)c(C=N[C@H](Cc2c[nH]c3ccccc23)C(=O)OC)c(=O)[nH]c1=O. The molecule has 2 heterocycles. The van der Waals surface area contributed by atoms with Gasteiger partial charge in [0.15, 0.2) is 6.04 Å². The molecule has 3 rings (SSSR count). The molecule has 9 nitrogen and oxygen atoms in total. The topological polar surface area (TPSA) is 130 Å². The number of allylic oxidation sites excluding steroid dienone is 1. The molecule has 2 aromatic heterocycles. The highest BCUT2D eigenvalue weighted by molar-refractivity contribution is 5.87. The summed E-state index contributed by atoms with van der Waals surface area (Å²) in [6.07, 6.45) is 4.47. The Balaban J connectivity index is 1.97. The minimum Gasteiger partial charge on any atom is -0.494 e. The van der Waals surface area contributed by atoms with Crippen molar-refractivity contribution in [3.05, 3.63) is 75.1 Å². The lowest BCUT2D eigenvalue weighted by Gasteiger charge is -2.10. The minimum absolute atomic E-state index is 0.00193. The number of aliphatic imine (C=N–C) groups is 1. The Morgan fingerprint density at radius 3 is 2.86 bits per heavy atom. The zero-order chi connectivity index (χ0) is 21.0. The molecule has 0 aliphatic heterocycles. The maximum Gasteiger partial charge on any atom is 0.331 e. The summed E-state index contributed by atoms with van der Waals surface area (Å²) in [5, 5.41) is 11.2. The predicted octanol–water partition coefficient (Wildman–Crippen LogP) is 1.11. The van der Waals surface area contributed by atoms with Crippen molar-refractivity contribution < 1.29 is 14.6 Å². The molecule has 0 unspecified atom stereocenters. The number of benzene rings is 1. The van der Waals surface area contributed by atoms with Gasteiger partial charge in [-0.2, -0.15) is 0 Å². The molecule has 9 heteroatoms. The van der Waals surface area contributed by atoms with Crippen LogP contribution < -0.4 is 11.2 Å². The van der Waals surface area contributed by atoms with Crippen LogP contribution in [-0.4, -0.2) is 45.0 Å². The third-order valence-corrected chi connectivity index (χ3v) is 4.46. The average molecular weight is 396 g/mol. The highest BCUT2D eigenvalue weighted by Crippen LogP contribution is 2.20. The van der Waals surface area contributed by atoms with E-state index < -0.39 is 29.1 Å². The lowest BCUT2D eigenvalue weighted by molar-refractivity contribution is -0.142. The van der Waals surface area contributed by atoms with E-state index in [9.17, 15) is 19.5 Å². The van der Waals surface area contributed by atoms with E-state index >= 15 is 0 Å². The number of ether oxygens (including phenoxy) is 1. The molecular formula is C20H20N4O5. The Kier molecular flexibility index (Phi) is 5.77. The lowest BCUT2D eigenvalue weighted by Crippen LogP contribution is -2.32. The number of aromatic nitrogens is 3. The highest BCUT2D eigenvalue weighted by atomic mass is 16.5. The lowest BCUT2D eigenvalue weighted by atomic mass is 10.1. The quantitative estimate of drug-likeness (QED) is 0.313. The van der Waals surface area contributed by atoms with Gasteiger partial charge in [0.1, 0.15) is 5.56 Å². The van der Waals surface area contributed by atoms with E-state index in [1.165, 1.54) is 13.2 Å².